The van der Waals surface area contributed by atoms with Gasteiger partial charge in [0.25, 0.3) is 0 Å². The number of halogens is 1. The summed E-state index contributed by atoms with van der Waals surface area (Å²) in [6.07, 6.45) is 0. The lowest BCUT2D eigenvalue weighted by Gasteiger charge is -1.81. The molecule has 46 valence electrons. The van der Waals surface area contributed by atoms with Crippen molar-refractivity contribution < 1.29 is 0 Å². The van der Waals surface area contributed by atoms with Crippen LogP contribution in [0.25, 0.3) is 0 Å². The first-order chi connectivity index (χ1) is 3.63. The molecule has 0 saturated carbocycles. The van der Waals surface area contributed by atoms with Crippen LogP contribution in [0.3, 0.4) is 0 Å². The summed E-state index contributed by atoms with van der Waals surface area (Å²) < 4.78 is 0.576. The van der Waals surface area contributed by atoms with Crippen molar-refractivity contribution in [1.29, 1.82) is 0 Å². The van der Waals surface area contributed by atoms with Gasteiger partial charge in [-0.2, -0.15) is 0 Å². The maximum atomic E-state index is 5.15. The van der Waals surface area contributed by atoms with Crippen LogP contribution in [0.2, 0.25) is 0 Å². The fourth-order valence-electron chi connectivity index (χ4n) is 0.120. The topological polar surface area (TPSA) is 50.7 Å². The molecule has 0 aromatic rings. The number of hydrogen-bond donors (Lipinski definition) is 2. The molecule has 3 nitrogen and oxygen atoms in total. The van der Waals surface area contributed by atoms with Crippen LogP contribution >= 0.6 is 35.2 Å². The smallest absolute Gasteiger partial charge is 0.153 e. The monoisotopic (exact) mass is 243 g/mol. The second kappa shape index (κ2) is 4.13. The Kier molecular flexibility index (Phi) is 4.25. The minimum atomic E-state index is 0.438. The van der Waals surface area contributed by atoms with Crippen molar-refractivity contribution in [2.24, 2.45) is 15.9 Å². The van der Waals surface area contributed by atoms with Gasteiger partial charge in [-0.25, -0.2) is 0 Å². The lowest BCUT2D eigenvalue weighted by Crippen LogP contribution is -2.03. The van der Waals surface area contributed by atoms with E-state index in [9.17, 15) is 0 Å². The zero-order valence-electron chi connectivity index (χ0n) is 4.30. The van der Waals surface area contributed by atoms with E-state index in [4.69, 9.17) is 5.73 Å². The second-order valence-electron chi connectivity index (χ2n) is 1.11. The van der Waals surface area contributed by atoms with Gasteiger partial charge in [-0.3, -0.25) is 0 Å². The van der Waals surface area contributed by atoms with E-state index in [2.05, 4.69) is 22.8 Å². The average Bonchev–Trinajstić information content (AvgIpc) is 1.61. The quantitative estimate of drug-likeness (QED) is 0.233. The van der Waals surface area contributed by atoms with Crippen molar-refractivity contribution in [3.63, 3.8) is 0 Å². The molecule has 0 aliphatic heterocycles. The van der Waals surface area contributed by atoms with Crippen molar-refractivity contribution >= 4 is 44.1 Å². The van der Waals surface area contributed by atoms with E-state index in [1.54, 1.807) is 6.92 Å². The van der Waals surface area contributed by atoms with E-state index < -0.39 is 0 Å². The first-order valence-electron chi connectivity index (χ1n) is 1.85. The largest absolute Gasteiger partial charge is 0.386 e. The molecule has 5 heteroatoms. The van der Waals surface area contributed by atoms with Crippen LogP contribution in [0.5, 0.6) is 0 Å². The number of nitrogens with zero attached hydrogens (tertiary/aromatic N) is 2. The maximum Gasteiger partial charge on any atom is 0.153 e. The molecular weight excluding hydrogens is 237 g/mol. The highest BCUT2D eigenvalue weighted by atomic mass is 127. The lowest BCUT2D eigenvalue weighted by atomic mass is 10.7. The second-order valence-corrected chi connectivity index (χ2v) is 3.41. The van der Waals surface area contributed by atoms with Crippen molar-refractivity contribution in [2.45, 2.75) is 6.92 Å². The van der Waals surface area contributed by atoms with E-state index in [1.165, 1.54) is 0 Å². The summed E-state index contributed by atoms with van der Waals surface area (Å²) in [5, 5.41) is 7.08. The third-order valence-corrected chi connectivity index (χ3v) is 0.595. The van der Waals surface area contributed by atoms with E-state index in [-0.39, 0.29) is 0 Å². The third kappa shape index (κ3) is 6.22. The Hall–Kier alpha value is 0.220. The van der Waals surface area contributed by atoms with Crippen LogP contribution in [0, 0.1) is 0 Å². The Balaban J connectivity index is 3.76. The number of hydrogen-bond acceptors (Lipinski definition) is 2. The zero-order chi connectivity index (χ0) is 6.57. The number of nitrogens with two attached hydrogens (primary N) is 1. The molecule has 0 radical (unpaired) electrons. The molecule has 0 aromatic carbocycles. The van der Waals surface area contributed by atoms with E-state index in [0.717, 1.165) is 0 Å². The molecule has 0 fully saturated rings. The highest BCUT2D eigenvalue weighted by Crippen LogP contribution is 1.94. The van der Waals surface area contributed by atoms with Gasteiger partial charge in [-0.05, 0) is 29.5 Å². The number of amidine groups is 1. The molecule has 0 atom stereocenters. The highest BCUT2D eigenvalue weighted by molar-refractivity contribution is 14.1. The fourth-order valence-corrected chi connectivity index (χ4v) is 0.273. The molecule has 0 spiro atoms. The first-order valence-corrected chi connectivity index (χ1v) is 3.37. The molecule has 0 amide bonds. The molecule has 0 saturated heterocycles. The summed E-state index contributed by atoms with van der Waals surface area (Å²) in [7, 11) is 0. The van der Waals surface area contributed by atoms with Crippen LogP contribution in [0.4, 0.5) is 0 Å². The molecule has 0 aliphatic carbocycles. The molecule has 0 aliphatic rings. The summed E-state index contributed by atoms with van der Waals surface area (Å²) in [6, 6.07) is 0. The molecule has 0 aromatic heterocycles. The van der Waals surface area contributed by atoms with Crippen molar-refractivity contribution in [2.75, 3.05) is 0 Å². The zero-order valence-corrected chi connectivity index (χ0v) is 7.35. The molecular formula is C3H6IN3S. The first kappa shape index (κ1) is 8.22. The maximum absolute atomic E-state index is 5.15. The van der Waals surface area contributed by atoms with Gasteiger partial charge in [0.2, 0.25) is 0 Å². The molecule has 2 N–H and O–H groups in total. The van der Waals surface area contributed by atoms with Crippen LogP contribution in [0.1, 0.15) is 6.92 Å². The van der Waals surface area contributed by atoms with E-state index >= 15 is 0 Å². The lowest BCUT2D eigenvalue weighted by molar-refractivity contribution is 1.23. The van der Waals surface area contributed by atoms with Crippen LogP contribution in [0.15, 0.2) is 10.2 Å². The molecule has 0 bridgehead atoms. The Morgan fingerprint density at radius 2 is 2.12 bits per heavy atom. The van der Waals surface area contributed by atoms with E-state index in [0.29, 0.717) is 8.89 Å². The molecule has 8 heavy (non-hydrogen) atoms. The van der Waals surface area contributed by atoms with Gasteiger partial charge in [0.15, 0.2) is 3.05 Å². The Bertz CT molecular complexity index is 106. The molecule has 0 heterocycles. The molecule has 0 rings (SSSR count). The van der Waals surface area contributed by atoms with Crippen molar-refractivity contribution in [3.8, 4) is 0 Å². The predicted molar refractivity (Wildman–Crippen MR) is 47.7 cm³/mol. The SMILES string of the molecule is C/C(N)=N/N=C(/S)I. The minimum Gasteiger partial charge on any atom is -0.386 e. The summed E-state index contributed by atoms with van der Waals surface area (Å²) in [5.74, 6) is 0.438. The van der Waals surface area contributed by atoms with Crippen molar-refractivity contribution in [1.82, 2.24) is 0 Å². The van der Waals surface area contributed by atoms with Gasteiger partial charge in [0.05, 0.1) is 0 Å². The standard InChI is InChI=1S/C3H6IN3S/c1-2(5)6-7-3(4)8/h1H3,(H2,5,6)(H,7,8). The third-order valence-electron chi connectivity index (χ3n) is 0.290. The van der Waals surface area contributed by atoms with Crippen LogP contribution < -0.4 is 5.73 Å². The van der Waals surface area contributed by atoms with Crippen LogP contribution in [-0.2, 0) is 0 Å². The van der Waals surface area contributed by atoms with Gasteiger partial charge >= 0.3 is 0 Å². The van der Waals surface area contributed by atoms with Gasteiger partial charge in [0, 0.05) is 0 Å². The summed E-state index contributed by atoms with van der Waals surface area (Å²) in [6.45, 7) is 1.66. The number of rotatable bonds is 1. The summed E-state index contributed by atoms with van der Waals surface area (Å²) in [4.78, 5) is 0. The molecule has 0 unspecified atom stereocenters. The Labute approximate surface area is 67.0 Å². The average molecular weight is 243 g/mol. The van der Waals surface area contributed by atoms with Gasteiger partial charge in [-0.15, -0.1) is 22.8 Å². The predicted octanol–water partition coefficient (Wildman–Crippen LogP) is 0.999. The van der Waals surface area contributed by atoms with Crippen LogP contribution in [-0.4, -0.2) is 8.89 Å². The van der Waals surface area contributed by atoms with E-state index in [1.807, 2.05) is 22.6 Å². The summed E-state index contributed by atoms with van der Waals surface area (Å²) in [5.41, 5.74) is 5.15. The Morgan fingerprint density at radius 1 is 1.62 bits per heavy atom. The minimum absolute atomic E-state index is 0.438. The van der Waals surface area contributed by atoms with Gasteiger partial charge in [-0.1, -0.05) is 0 Å². The normalized spacial score (nSPS) is 14.4. The van der Waals surface area contributed by atoms with Gasteiger partial charge < -0.3 is 5.73 Å². The van der Waals surface area contributed by atoms with Gasteiger partial charge in [0.1, 0.15) is 5.84 Å². The Morgan fingerprint density at radius 3 is 2.25 bits per heavy atom. The summed E-state index contributed by atoms with van der Waals surface area (Å²) >= 11 is 5.77. The highest BCUT2D eigenvalue weighted by Gasteiger charge is 1.77. The number of thiol groups is 1. The van der Waals surface area contributed by atoms with Crippen molar-refractivity contribution in [3.05, 3.63) is 0 Å². The fraction of sp³-hybridized carbons (Fsp3) is 0.333.